The normalized spacial score (nSPS) is 12.6. The topological polar surface area (TPSA) is 46.5 Å². The van der Waals surface area contributed by atoms with Crippen LogP contribution in [0.5, 0.6) is 0 Å². The molecule has 0 spiro atoms. The Morgan fingerprint density at radius 1 is 1.46 bits per heavy atom. The molecule has 13 heavy (non-hydrogen) atoms. The zero-order chi connectivity index (χ0) is 10.1. The lowest BCUT2D eigenvalue weighted by molar-refractivity contribution is -0.135. The molecule has 0 aliphatic rings. The average molecular weight is 182 g/mol. The summed E-state index contributed by atoms with van der Waals surface area (Å²) in [5.74, 6) is -1.09. The van der Waals surface area contributed by atoms with Crippen LogP contribution in [0, 0.1) is 0 Å². The molecule has 0 radical (unpaired) electrons. The van der Waals surface area contributed by atoms with Crippen LogP contribution in [0.3, 0.4) is 0 Å². The van der Waals surface area contributed by atoms with Gasteiger partial charge in [-0.2, -0.15) is 0 Å². The van der Waals surface area contributed by atoms with E-state index in [0.717, 1.165) is 0 Å². The van der Waals surface area contributed by atoms with Crippen molar-refractivity contribution >= 4 is 5.97 Å². The Morgan fingerprint density at radius 2 is 2.15 bits per heavy atom. The number of aliphatic carboxylic acids is 1. The van der Waals surface area contributed by atoms with Gasteiger partial charge in [-0.25, -0.2) is 4.79 Å². The number of ether oxygens (including phenoxy) is 1. The molecule has 0 saturated heterocycles. The number of hydrogen-bond donors (Lipinski definition) is 1. The van der Waals surface area contributed by atoms with Crippen molar-refractivity contribution in [3.05, 3.63) is 36.3 Å². The van der Waals surface area contributed by atoms with Gasteiger partial charge in [0.2, 0.25) is 5.76 Å². The molecule has 72 valence electrons. The fraction of sp³-hybridized carbons (Fsp3) is 0.300. The molecular formula is C10H14O3. The third-order valence-corrected chi connectivity index (χ3v) is 1.18. The minimum Gasteiger partial charge on any atom is -0.475 e. The van der Waals surface area contributed by atoms with Crippen LogP contribution < -0.4 is 0 Å². The van der Waals surface area contributed by atoms with Gasteiger partial charge in [-0.1, -0.05) is 19.1 Å². The van der Waals surface area contributed by atoms with E-state index >= 15 is 0 Å². The maximum atomic E-state index is 10.5. The van der Waals surface area contributed by atoms with Gasteiger partial charge in [0.25, 0.3) is 0 Å². The number of hydrogen-bond acceptors (Lipinski definition) is 2. The minimum absolute atomic E-state index is 0.0387. The lowest BCUT2D eigenvalue weighted by atomic mass is 10.4. The van der Waals surface area contributed by atoms with Crippen LogP contribution in [-0.2, 0) is 9.53 Å². The van der Waals surface area contributed by atoms with Crippen LogP contribution >= 0.6 is 0 Å². The number of carboxylic acid groups (broad SMARTS) is 1. The van der Waals surface area contributed by atoms with E-state index in [1.807, 2.05) is 19.9 Å². The third kappa shape index (κ3) is 5.73. The van der Waals surface area contributed by atoms with Crippen LogP contribution in [0.15, 0.2) is 36.3 Å². The Balaban J connectivity index is 4.12. The Hall–Kier alpha value is -1.51. The fourth-order valence-corrected chi connectivity index (χ4v) is 0.640. The highest BCUT2D eigenvalue weighted by molar-refractivity contribution is 5.84. The van der Waals surface area contributed by atoms with Crippen molar-refractivity contribution in [2.24, 2.45) is 0 Å². The van der Waals surface area contributed by atoms with Crippen molar-refractivity contribution in [1.82, 2.24) is 0 Å². The van der Waals surface area contributed by atoms with E-state index in [0.29, 0.717) is 6.42 Å². The number of allylic oxidation sites excluding steroid dienone is 4. The second-order valence-corrected chi connectivity index (χ2v) is 2.25. The molecule has 0 bridgehead atoms. The summed E-state index contributed by atoms with van der Waals surface area (Å²) >= 11 is 0. The Labute approximate surface area is 78.0 Å². The van der Waals surface area contributed by atoms with Crippen LogP contribution in [0.4, 0.5) is 0 Å². The average Bonchev–Trinajstić information content (AvgIpc) is 2.10. The summed E-state index contributed by atoms with van der Waals surface area (Å²) in [5.41, 5.74) is 0. The summed E-state index contributed by atoms with van der Waals surface area (Å²) in [5, 5.41) is 8.62. The molecule has 1 N–H and O–H groups in total. The maximum absolute atomic E-state index is 10.5. The summed E-state index contributed by atoms with van der Waals surface area (Å²) in [6.07, 6.45) is 8.71. The van der Waals surface area contributed by atoms with Crippen LogP contribution in [0.1, 0.15) is 20.3 Å². The fourth-order valence-electron chi connectivity index (χ4n) is 0.640. The van der Waals surface area contributed by atoms with E-state index in [4.69, 9.17) is 9.84 Å². The number of carbonyl (C=O) groups is 1. The predicted octanol–water partition coefficient (Wildman–Crippen LogP) is 2.47. The van der Waals surface area contributed by atoms with Gasteiger partial charge in [0.1, 0.15) is 0 Å². The molecule has 0 aromatic carbocycles. The molecule has 0 fully saturated rings. The van der Waals surface area contributed by atoms with Gasteiger partial charge in [0.15, 0.2) is 0 Å². The highest BCUT2D eigenvalue weighted by Crippen LogP contribution is 2.00. The third-order valence-electron chi connectivity index (χ3n) is 1.18. The quantitative estimate of drug-likeness (QED) is 0.403. The monoisotopic (exact) mass is 182 g/mol. The molecule has 0 atom stereocenters. The lowest BCUT2D eigenvalue weighted by Crippen LogP contribution is -2.01. The van der Waals surface area contributed by atoms with Crippen molar-refractivity contribution in [1.29, 1.82) is 0 Å². The second-order valence-electron chi connectivity index (χ2n) is 2.25. The van der Waals surface area contributed by atoms with Gasteiger partial charge in [-0.3, -0.25) is 0 Å². The van der Waals surface area contributed by atoms with Crippen molar-refractivity contribution in [2.45, 2.75) is 20.3 Å². The molecule has 0 aromatic heterocycles. The maximum Gasteiger partial charge on any atom is 0.371 e. The SMILES string of the molecule is C/C=C/C=C/O/C(=C/CC)C(=O)O. The smallest absolute Gasteiger partial charge is 0.371 e. The molecule has 0 unspecified atom stereocenters. The standard InChI is InChI=1S/C10H14O3/c1-3-5-6-8-13-9(7-4-2)10(11)12/h3,5-8H,4H2,1-2H3,(H,11,12)/b5-3+,8-6+,9-7+. The molecular weight excluding hydrogens is 168 g/mol. The number of rotatable bonds is 5. The highest BCUT2D eigenvalue weighted by atomic mass is 16.5. The molecule has 3 heteroatoms. The Morgan fingerprint density at radius 3 is 2.62 bits per heavy atom. The summed E-state index contributed by atoms with van der Waals surface area (Å²) in [4.78, 5) is 10.5. The molecule has 0 aromatic rings. The molecule has 3 nitrogen and oxygen atoms in total. The molecule has 0 amide bonds. The first-order valence-electron chi connectivity index (χ1n) is 4.10. The minimum atomic E-state index is -1.05. The van der Waals surface area contributed by atoms with Crippen LogP contribution in [0.25, 0.3) is 0 Å². The predicted molar refractivity (Wildman–Crippen MR) is 51.0 cm³/mol. The van der Waals surface area contributed by atoms with E-state index in [9.17, 15) is 4.79 Å². The van der Waals surface area contributed by atoms with Crippen molar-refractivity contribution in [3.8, 4) is 0 Å². The van der Waals surface area contributed by atoms with Gasteiger partial charge in [0.05, 0.1) is 6.26 Å². The Kier molecular flexibility index (Phi) is 6.32. The first kappa shape index (κ1) is 11.5. The first-order valence-corrected chi connectivity index (χ1v) is 4.10. The molecule has 0 rings (SSSR count). The van der Waals surface area contributed by atoms with Crippen molar-refractivity contribution < 1.29 is 14.6 Å². The van der Waals surface area contributed by atoms with Crippen molar-refractivity contribution in [2.75, 3.05) is 0 Å². The zero-order valence-electron chi connectivity index (χ0n) is 7.86. The van der Waals surface area contributed by atoms with E-state index < -0.39 is 5.97 Å². The molecule has 0 heterocycles. The van der Waals surface area contributed by atoms with E-state index in [2.05, 4.69) is 0 Å². The van der Waals surface area contributed by atoms with Gasteiger partial charge in [-0.05, 0) is 25.5 Å². The van der Waals surface area contributed by atoms with Gasteiger partial charge < -0.3 is 9.84 Å². The van der Waals surface area contributed by atoms with Crippen LogP contribution in [0.2, 0.25) is 0 Å². The second kappa shape index (κ2) is 7.16. The van der Waals surface area contributed by atoms with Crippen molar-refractivity contribution in [3.63, 3.8) is 0 Å². The molecule has 0 aliphatic heterocycles. The van der Waals surface area contributed by atoms with E-state index in [1.165, 1.54) is 12.3 Å². The van der Waals surface area contributed by atoms with E-state index in [1.54, 1.807) is 12.2 Å². The lowest BCUT2D eigenvalue weighted by Gasteiger charge is -1.98. The first-order chi connectivity index (χ1) is 6.22. The van der Waals surface area contributed by atoms with Gasteiger partial charge >= 0.3 is 5.97 Å². The molecule has 0 saturated carbocycles. The number of carboxylic acids is 1. The van der Waals surface area contributed by atoms with Crippen LogP contribution in [-0.4, -0.2) is 11.1 Å². The van der Waals surface area contributed by atoms with Gasteiger partial charge in [0, 0.05) is 0 Å². The largest absolute Gasteiger partial charge is 0.475 e. The zero-order valence-corrected chi connectivity index (χ0v) is 7.86. The Bertz CT molecular complexity index is 237. The summed E-state index contributed by atoms with van der Waals surface area (Å²) in [6, 6.07) is 0. The summed E-state index contributed by atoms with van der Waals surface area (Å²) in [7, 11) is 0. The van der Waals surface area contributed by atoms with Gasteiger partial charge in [-0.15, -0.1) is 0 Å². The highest BCUT2D eigenvalue weighted by Gasteiger charge is 2.04. The molecule has 0 aliphatic carbocycles. The summed E-state index contributed by atoms with van der Waals surface area (Å²) in [6.45, 7) is 3.71. The summed E-state index contributed by atoms with van der Waals surface area (Å²) < 4.78 is 4.88. The van der Waals surface area contributed by atoms with E-state index in [-0.39, 0.29) is 5.76 Å².